The van der Waals surface area contributed by atoms with Crippen LogP contribution in [0.15, 0.2) is 0 Å². The number of nitrogens with two attached hydrogens (primary N) is 1. The SMILES string of the molecule is CC(C)(C)OC(=O)N1CCCC12CCN(CC(N)=O)C2=O. The molecule has 0 saturated carbocycles. The molecule has 0 aromatic carbocycles. The van der Waals surface area contributed by atoms with Crippen molar-refractivity contribution in [3.63, 3.8) is 0 Å². The summed E-state index contributed by atoms with van der Waals surface area (Å²) in [5, 5.41) is 0. The summed E-state index contributed by atoms with van der Waals surface area (Å²) in [6, 6.07) is 0. The van der Waals surface area contributed by atoms with Crippen molar-refractivity contribution in [2.45, 2.75) is 51.2 Å². The molecule has 1 unspecified atom stereocenters. The van der Waals surface area contributed by atoms with Crippen molar-refractivity contribution in [1.29, 1.82) is 0 Å². The van der Waals surface area contributed by atoms with Gasteiger partial charge in [-0.15, -0.1) is 0 Å². The number of ether oxygens (including phenoxy) is 1. The maximum atomic E-state index is 12.6. The molecular formula is C14H23N3O4. The van der Waals surface area contributed by atoms with Crippen LogP contribution in [0.2, 0.25) is 0 Å². The van der Waals surface area contributed by atoms with E-state index in [1.165, 1.54) is 9.80 Å². The summed E-state index contributed by atoms with van der Waals surface area (Å²) < 4.78 is 5.40. The molecule has 0 aromatic rings. The van der Waals surface area contributed by atoms with Gasteiger partial charge < -0.3 is 15.4 Å². The number of hydrogen-bond acceptors (Lipinski definition) is 4. The van der Waals surface area contributed by atoms with E-state index in [0.717, 1.165) is 6.42 Å². The standard InChI is InChI=1S/C14H23N3O4/c1-13(2,3)21-12(20)17-7-4-5-14(17)6-8-16(11(14)19)9-10(15)18/h4-9H2,1-3H3,(H2,15,18). The molecule has 3 amide bonds. The van der Waals surface area contributed by atoms with Gasteiger partial charge in [0.2, 0.25) is 11.8 Å². The highest BCUT2D eigenvalue weighted by atomic mass is 16.6. The Morgan fingerprint density at radius 3 is 2.52 bits per heavy atom. The molecule has 2 rings (SSSR count). The number of rotatable bonds is 2. The van der Waals surface area contributed by atoms with E-state index in [1.54, 1.807) is 20.8 Å². The lowest BCUT2D eigenvalue weighted by Gasteiger charge is -2.34. The molecule has 118 valence electrons. The van der Waals surface area contributed by atoms with Crippen LogP contribution in [0.5, 0.6) is 0 Å². The molecule has 2 N–H and O–H groups in total. The van der Waals surface area contributed by atoms with Crippen molar-refractivity contribution in [2.75, 3.05) is 19.6 Å². The van der Waals surface area contributed by atoms with E-state index in [9.17, 15) is 14.4 Å². The van der Waals surface area contributed by atoms with Crippen LogP contribution in [-0.2, 0) is 14.3 Å². The number of carbonyl (C=O) groups excluding carboxylic acids is 3. The number of amides is 3. The van der Waals surface area contributed by atoms with Crippen molar-refractivity contribution in [3.8, 4) is 0 Å². The maximum Gasteiger partial charge on any atom is 0.411 e. The first kappa shape index (κ1) is 15.6. The van der Waals surface area contributed by atoms with Gasteiger partial charge in [-0.2, -0.15) is 0 Å². The van der Waals surface area contributed by atoms with Crippen molar-refractivity contribution < 1.29 is 19.1 Å². The minimum atomic E-state index is -0.849. The smallest absolute Gasteiger partial charge is 0.411 e. The van der Waals surface area contributed by atoms with Gasteiger partial charge in [0.05, 0.1) is 6.54 Å². The fraction of sp³-hybridized carbons (Fsp3) is 0.786. The summed E-state index contributed by atoms with van der Waals surface area (Å²) >= 11 is 0. The Morgan fingerprint density at radius 1 is 1.29 bits per heavy atom. The molecule has 2 fully saturated rings. The Hall–Kier alpha value is -1.79. The predicted molar refractivity (Wildman–Crippen MR) is 75.3 cm³/mol. The van der Waals surface area contributed by atoms with Crippen molar-refractivity contribution in [2.24, 2.45) is 5.73 Å². The van der Waals surface area contributed by atoms with E-state index in [1.807, 2.05) is 0 Å². The molecule has 1 spiro atoms. The van der Waals surface area contributed by atoms with Gasteiger partial charge in [0.15, 0.2) is 0 Å². The van der Waals surface area contributed by atoms with Gasteiger partial charge in [-0.05, 0) is 40.0 Å². The maximum absolute atomic E-state index is 12.6. The highest BCUT2D eigenvalue weighted by Crippen LogP contribution is 2.39. The van der Waals surface area contributed by atoms with Crippen LogP contribution in [0.25, 0.3) is 0 Å². The van der Waals surface area contributed by atoms with E-state index in [0.29, 0.717) is 25.9 Å². The first-order valence-electron chi connectivity index (χ1n) is 7.24. The normalized spacial score (nSPS) is 25.8. The lowest BCUT2D eigenvalue weighted by Crippen LogP contribution is -2.54. The van der Waals surface area contributed by atoms with Crippen LogP contribution in [0.1, 0.15) is 40.0 Å². The summed E-state index contributed by atoms with van der Waals surface area (Å²) in [4.78, 5) is 38.9. The number of likely N-dealkylation sites (tertiary alicyclic amines) is 2. The summed E-state index contributed by atoms with van der Waals surface area (Å²) in [7, 11) is 0. The van der Waals surface area contributed by atoms with Gasteiger partial charge in [0.25, 0.3) is 0 Å². The Morgan fingerprint density at radius 2 is 1.95 bits per heavy atom. The van der Waals surface area contributed by atoms with Crippen LogP contribution in [0.3, 0.4) is 0 Å². The Kier molecular flexibility index (Phi) is 3.86. The van der Waals surface area contributed by atoms with E-state index in [2.05, 4.69) is 0 Å². The van der Waals surface area contributed by atoms with Gasteiger partial charge in [-0.25, -0.2) is 4.79 Å². The number of hydrogen-bond donors (Lipinski definition) is 1. The summed E-state index contributed by atoms with van der Waals surface area (Å²) in [6.07, 6.45) is 1.43. The van der Waals surface area contributed by atoms with Gasteiger partial charge in [-0.3, -0.25) is 14.5 Å². The van der Waals surface area contributed by atoms with Crippen LogP contribution in [0, 0.1) is 0 Å². The predicted octanol–water partition coefficient (Wildman–Crippen LogP) is 0.474. The molecule has 2 aliphatic rings. The minimum Gasteiger partial charge on any atom is -0.444 e. The minimum absolute atomic E-state index is 0.0945. The van der Waals surface area contributed by atoms with E-state index >= 15 is 0 Å². The second-order valence-corrected chi connectivity index (χ2v) is 6.71. The van der Waals surface area contributed by atoms with Crippen molar-refractivity contribution in [3.05, 3.63) is 0 Å². The quantitative estimate of drug-likeness (QED) is 0.802. The topological polar surface area (TPSA) is 92.9 Å². The second kappa shape index (κ2) is 5.20. The van der Waals surface area contributed by atoms with Crippen molar-refractivity contribution in [1.82, 2.24) is 9.80 Å². The van der Waals surface area contributed by atoms with Crippen LogP contribution >= 0.6 is 0 Å². The van der Waals surface area contributed by atoms with Crippen LogP contribution in [0.4, 0.5) is 4.79 Å². The molecule has 0 aliphatic carbocycles. The molecule has 0 aromatic heterocycles. The molecule has 2 saturated heterocycles. The lowest BCUT2D eigenvalue weighted by atomic mass is 9.94. The lowest BCUT2D eigenvalue weighted by molar-refractivity contribution is -0.139. The zero-order valence-electron chi connectivity index (χ0n) is 12.8. The zero-order chi connectivity index (χ0) is 15.8. The van der Waals surface area contributed by atoms with E-state index in [-0.39, 0.29) is 12.5 Å². The molecule has 0 bridgehead atoms. The van der Waals surface area contributed by atoms with E-state index in [4.69, 9.17) is 10.5 Å². The molecule has 2 aliphatic heterocycles. The monoisotopic (exact) mass is 297 g/mol. The largest absolute Gasteiger partial charge is 0.444 e. The number of primary amides is 1. The highest BCUT2D eigenvalue weighted by molar-refractivity contribution is 5.94. The third-order valence-corrected chi connectivity index (χ3v) is 3.93. The third kappa shape index (κ3) is 2.96. The summed E-state index contributed by atoms with van der Waals surface area (Å²) in [6.45, 7) is 6.24. The van der Waals surface area contributed by atoms with Gasteiger partial charge in [0, 0.05) is 13.1 Å². The Bertz CT molecular complexity index is 471. The van der Waals surface area contributed by atoms with E-state index < -0.39 is 23.1 Å². The fourth-order valence-corrected chi connectivity index (χ4v) is 3.11. The summed E-state index contributed by atoms with van der Waals surface area (Å²) in [5.74, 6) is -0.730. The molecular weight excluding hydrogens is 274 g/mol. The summed E-state index contributed by atoms with van der Waals surface area (Å²) in [5.41, 5.74) is 3.71. The second-order valence-electron chi connectivity index (χ2n) is 6.71. The van der Waals surface area contributed by atoms with Gasteiger partial charge in [-0.1, -0.05) is 0 Å². The fourth-order valence-electron chi connectivity index (χ4n) is 3.11. The Balaban J connectivity index is 2.16. The van der Waals surface area contributed by atoms with Gasteiger partial charge in [0.1, 0.15) is 11.1 Å². The molecule has 7 nitrogen and oxygen atoms in total. The molecule has 2 heterocycles. The average molecular weight is 297 g/mol. The van der Waals surface area contributed by atoms with Crippen LogP contribution < -0.4 is 5.73 Å². The van der Waals surface area contributed by atoms with Gasteiger partial charge >= 0.3 is 6.09 Å². The Labute approximate surface area is 124 Å². The molecule has 7 heteroatoms. The van der Waals surface area contributed by atoms with Crippen molar-refractivity contribution >= 4 is 17.9 Å². The average Bonchev–Trinajstić information content (AvgIpc) is 2.87. The molecule has 21 heavy (non-hydrogen) atoms. The number of nitrogens with zero attached hydrogens (tertiary/aromatic N) is 2. The molecule has 1 atom stereocenters. The highest BCUT2D eigenvalue weighted by Gasteiger charge is 2.55. The first-order valence-corrected chi connectivity index (χ1v) is 7.24. The third-order valence-electron chi connectivity index (χ3n) is 3.93. The van der Waals surface area contributed by atoms with Crippen LogP contribution in [-0.4, -0.2) is 58.5 Å². The molecule has 0 radical (unpaired) electrons. The first-order chi connectivity index (χ1) is 9.66. The number of carbonyl (C=O) groups is 3. The zero-order valence-corrected chi connectivity index (χ0v) is 12.8.